The van der Waals surface area contributed by atoms with E-state index in [0.717, 1.165) is 12.0 Å². The maximum absolute atomic E-state index is 3.51. The first-order valence-corrected chi connectivity index (χ1v) is 7.68. The first-order valence-electron chi connectivity index (χ1n) is 7.68. The summed E-state index contributed by atoms with van der Waals surface area (Å²) in [7, 11) is 2.14. The van der Waals surface area contributed by atoms with Crippen LogP contribution in [0.2, 0.25) is 0 Å². The zero-order valence-electron chi connectivity index (χ0n) is 12.5. The Morgan fingerprint density at radius 3 is 2.29 bits per heavy atom. The lowest BCUT2D eigenvalue weighted by Gasteiger charge is -2.22. The largest absolute Gasteiger partial charge is 0.317 e. The van der Waals surface area contributed by atoms with E-state index in [1.54, 1.807) is 0 Å². The van der Waals surface area contributed by atoms with Crippen molar-refractivity contribution in [1.29, 1.82) is 0 Å². The average molecular weight is 239 g/mol. The highest BCUT2D eigenvalue weighted by Crippen LogP contribution is 2.29. The molecule has 1 N–H and O–H groups in total. The monoisotopic (exact) mass is 239 g/mol. The van der Waals surface area contributed by atoms with Gasteiger partial charge in [0.15, 0.2) is 0 Å². The molecule has 0 radical (unpaired) electrons. The maximum Gasteiger partial charge on any atom is 0.00641 e. The Morgan fingerprint density at radius 1 is 1.12 bits per heavy atom. The molecule has 0 saturated heterocycles. The minimum atomic E-state index is 0.504. The summed E-state index contributed by atoms with van der Waals surface area (Å²) in [6.07, 6.45) is 12.9. The van der Waals surface area contributed by atoms with Gasteiger partial charge in [-0.1, -0.05) is 52.9 Å². The molecule has 0 spiro atoms. The molecule has 1 unspecified atom stereocenters. The van der Waals surface area contributed by atoms with Gasteiger partial charge in [-0.3, -0.25) is 0 Å². The van der Waals surface area contributed by atoms with Gasteiger partial charge in [0.1, 0.15) is 0 Å². The molecule has 1 atom stereocenters. The third-order valence-electron chi connectivity index (χ3n) is 4.29. The molecule has 17 heavy (non-hydrogen) atoms. The summed E-state index contributed by atoms with van der Waals surface area (Å²) in [4.78, 5) is 0. The summed E-state index contributed by atoms with van der Waals surface area (Å²) in [5.41, 5.74) is 0.504. The molecular weight excluding hydrogens is 206 g/mol. The van der Waals surface area contributed by atoms with E-state index in [1.165, 1.54) is 57.8 Å². The fourth-order valence-electron chi connectivity index (χ4n) is 3.05. The van der Waals surface area contributed by atoms with E-state index in [1.807, 2.05) is 0 Å². The number of rotatable bonds is 7. The summed E-state index contributed by atoms with van der Waals surface area (Å²) in [6, 6.07) is 0.762. The third-order valence-corrected chi connectivity index (χ3v) is 4.29. The molecule has 1 aliphatic carbocycles. The van der Waals surface area contributed by atoms with Gasteiger partial charge in [0.25, 0.3) is 0 Å². The summed E-state index contributed by atoms with van der Waals surface area (Å²) in [5, 5.41) is 3.51. The van der Waals surface area contributed by atoms with Crippen LogP contribution in [0.4, 0.5) is 0 Å². The minimum Gasteiger partial charge on any atom is -0.317 e. The normalized spacial score (nSPS) is 19.8. The van der Waals surface area contributed by atoms with Crippen molar-refractivity contribution in [3.63, 3.8) is 0 Å². The quantitative estimate of drug-likeness (QED) is 0.675. The van der Waals surface area contributed by atoms with Crippen LogP contribution in [0.3, 0.4) is 0 Å². The van der Waals surface area contributed by atoms with E-state index in [4.69, 9.17) is 0 Å². The predicted octanol–water partition coefficient (Wildman–Crippen LogP) is 4.76. The topological polar surface area (TPSA) is 12.0 Å². The molecule has 1 aliphatic rings. The molecule has 0 aromatic heterocycles. The lowest BCUT2D eigenvalue weighted by atomic mass is 9.88. The van der Waals surface area contributed by atoms with Crippen molar-refractivity contribution in [3.8, 4) is 0 Å². The fraction of sp³-hybridized carbons (Fsp3) is 1.00. The Morgan fingerprint density at radius 2 is 1.76 bits per heavy atom. The molecule has 1 rings (SSSR count). The smallest absolute Gasteiger partial charge is 0.00641 e. The molecule has 1 fully saturated rings. The highest BCUT2D eigenvalue weighted by molar-refractivity contribution is 4.73. The highest BCUT2D eigenvalue weighted by atomic mass is 14.9. The molecule has 0 bridgehead atoms. The zero-order valence-corrected chi connectivity index (χ0v) is 12.5. The van der Waals surface area contributed by atoms with Crippen molar-refractivity contribution in [2.45, 2.75) is 84.6 Å². The predicted molar refractivity (Wildman–Crippen MR) is 77.3 cm³/mol. The second kappa shape index (κ2) is 7.41. The van der Waals surface area contributed by atoms with Crippen LogP contribution in [0.15, 0.2) is 0 Å². The Balaban J connectivity index is 2.10. The van der Waals surface area contributed by atoms with Crippen molar-refractivity contribution in [2.24, 2.45) is 11.3 Å². The van der Waals surface area contributed by atoms with Gasteiger partial charge in [-0.15, -0.1) is 0 Å². The Hall–Kier alpha value is -0.0400. The number of hydrogen-bond donors (Lipinski definition) is 1. The third kappa shape index (κ3) is 7.08. The minimum absolute atomic E-state index is 0.504. The van der Waals surface area contributed by atoms with Gasteiger partial charge in [-0.05, 0) is 44.1 Å². The van der Waals surface area contributed by atoms with Crippen molar-refractivity contribution >= 4 is 0 Å². The van der Waals surface area contributed by atoms with Crippen LogP contribution in [0.25, 0.3) is 0 Å². The number of nitrogens with one attached hydrogen (secondary N) is 1. The Kier molecular flexibility index (Phi) is 6.54. The Labute approximate surface area is 109 Å². The van der Waals surface area contributed by atoms with Gasteiger partial charge >= 0.3 is 0 Å². The maximum atomic E-state index is 3.51. The van der Waals surface area contributed by atoms with Crippen molar-refractivity contribution in [2.75, 3.05) is 7.05 Å². The van der Waals surface area contributed by atoms with Crippen LogP contribution < -0.4 is 5.32 Å². The van der Waals surface area contributed by atoms with Crippen molar-refractivity contribution in [1.82, 2.24) is 5.32 Å². The molecule has 0 amide bonds. The first-order chi connectivity index (χ1) is 8.01. The molecule has 0 heterocycles. The summed E-state index contributed by atoms with van der Waals surface area (Å²) < 4.78 is 0. The van der Waals surface area contributed by atoms with Gasteiger partial charge in [-0.2, -0.15) is 0 Å². The van der Waals surface area contributed by atoms with Crippen molar-refractivity contribution < 1.29 is 0 Å². The van der Waals surface area contributed by atoms with Crippen molar-refractivity contribution in [3.05, 3.63) is 0 Å². The summed E-state index contributed by atoms with van der Waals surface area (Å²) in [6.45, 7) is 7.04. The zero-order chi connectivity index (χ0) is 12.7. The van der Waals surface area contributed by atoms with Gasteiger partial charge in [-0.25, -0.2) is 0 Å². The lowest BCUT2D eigenvalue weighted by molar-refractivity contribution is 0.333. The lowest BCUT2D eigenvalue weighted by Crippen LogP contribution is -2.26. The van der Waals surface area contributed by atoms with Crippen LogP contribution in [-0.2, 0) is 0 Å². The SMILES string of the molecule is CNC(CCCC(C)(C)C)CCC1CCCC1. The van der Waals surface area contributed by atoms with Gasteiger partial charge in [0.05, 0.1) is 0 Å². The summed E-state index contributed by atoms with van der Waals surface area (Å²) >= 11 is 0. The molecule has 0 aromatic carbocycles. The van der Waals surface area contributed by atoms with E-state index in [9.17, 15) is 0 Å². The first kappa shape index (κ1) is 15.0. The molecule has 0 aliphatic heterocycles. The van der Waals surface area contributed by atoms with Crippen LogP contribution in [-0.4, -0.2) is 13.1 Å². The summed E-state index contributed by atoms with van der Waals surface area (Å²) in [5.74, 6) is 1.05. The molecule has 1 nitrogen and oxygen atoms in total. The number of hydrogen-bond acceptors (Lipinski definition) is 1. The van der Waals surface area contributed by atoms with Crippen LogP contribution >= 0.6 is 0 Å². The molecule has 102 valence electrons. The van der Waals surface area contributed by atoms with Crippen LogP contribution in [0, 0.1) is 11.3 Å². The van der Waals surface area contributed by atoms with Gasteiger partial charge in [0, 0.05) is 6.04 Å². The van der Waals surface area contributed by atoms with Crippen LogP contribution in [0.1, 0.15) is 78.6 Å². The Bertz CT molecular complexity index is 186. The van der Waals surface area contributed by atoms with Gasteiger partial charge in [0.2, 0.25) is 0 Å². The fourth-order valence-corrected chi connectivity index (χ4v) is 3.05. The highest BCUT2D eigenvalue weighted by Gasteiger charge is 2.17. The molecule has 0 aromatic rings. The van der Waals surface area contributed by atoms with E-state index >= 15 is 0 Å². The van der Waals surface area contributed by atoms with E-state index in [0.29, 0.717) is 5.41 Å². The van der Waals surface area contributed by atoms with E-state index in [-0.39, 0.29) is 0 Å². The second-order valence-corrected chi connectivity index (χ2v) is 7.17. The van der Waals surface area contributed by atoms with E-state index < -0.39 is 0 Å². The van der Waals surface area contributed by atoms with E-state index in [2.05, 4.69) is 33.1 Å². The molecule has 1 saturated carbocycles. The van der Waals surface area contributed by atoms with Crippen LogP contribution in [0.5, 0.6) is 0 Å². The van der Waals surface area contributed by atoms with Gasteiger partial charge < -0.3 is 5.32 Å². The standard InChI is InChI=1S/C16H33N/c1-16(2,3)13-7-10-15(17-4)12-11-14-8-5-6-9-14/h14-15,17H,5-13H2,1-4H3. The molecular formula is C16H33N. The molecule has 1 heteroatoms. The second-order valence-electron chi connectivity index (χ2n) is 7.17. The average Bonchev–Trinajstić information content (AvgIpc) is 2.74.